The topological polar surface area (TPSA) is 55.6 Å². The van der Waals surface area contributed by atoms with Crippen LogP contribution in [0.4, 0.5) is 0 Å². The molecular weight excluding hydrogens is 192 g/mol. The van der Waals surface area contributed by atoms with Gasteiger partial charge < -0.3 is 15.4 Å². The first-order valence-electron chi connectivity index (χ1n) is 5.81. The Morgan fingerprint density at radius 2 is 2.13 bits per heavy atom. The molecule has 2 saturated heterocycles. The second-order valence-electron chi connectivity index (χ2n) is 4.81. The van der Waals surface area contributed by atoms with E-state index in [1.807, 2.05) is 11.8 Å². The Morgan fingerprint density at radius 3 is 2.67 bits per heavy atom. The number of hydrogen-bond donors (Lipinski definition) is 1. The summed E-state index contributed by atoms with van der Waals surface area (Å²) in [5.41, 5.74) is 5.26. The van der Waals surface area contributed by atoms with Crippen LogP contribution in [0.1, 0.15) is 32.6 Å². The minimum Gasteiger partial charge on any atom is -0.365 e. The predicted octanol–water partition coefficient (Wildman–Crippen LogP) is 0.505. The monoisotopic (exact) mass is 212 g/mol. The molecule has 2 aliphatic heterocycles. The number of hydrogen-bond acceptors (Lipinski definition) is 3. The maximum Gasteiger partial charge on any atom is 0.254 e. The van der Waals surface area contributed by atoms with Crippen molar-refractivity contribution in [2.45, 2.75) is 44.2 Å². The van der Waals surface area contributed by atoms with Gasteiger partial charge in [0, 0.05) is 25.7 Å². The molecule has 86 valence electrons. The number of likely N-dealkylation sites (tertiary alicyclic amines) is 1. The molecule has 1 unspecified atom stereocenters. The highest BCUT2D eigenvalue weighted by Crippen LogP contribution is 2.28. The third-order valence-corrected chi connectivity index (χ3v) is 3.50. The molecule has 2 N–H and O–H groups in total. The van der Waals surface area contributed by atoms with Gasteiger partial charge in [-0.05, 0) is 32.6 Å². The number of ether oxygens (including phenoxy) is 1. The first kappa shape index (κ1) is 10.9. The molecule has 1 amide bonds. The summed E-state index contributed by atoms with van der Waals surface area (Å²) in [6, 6.07) is 0.270. The maximum absolute atomic E-state index is 12.2. The lowest BCUT2D eigenvalue weighted by molar-refractivity contribution is -0.152. The zero-order chi connectivity index (χ0) is 10.9. The number of piperidine rings is 1. The van der Waals surface area contributed by atoms with Gasteiger partial charge in [-0.3, -0.25) is 4.79 Å². The van der Waals surface area contributed by atoms with Gasteiger partial charge >= 0.3 is 0 Å². The summed E-state index contributed by atoms with van der Waals surface area (Å²) < 4.78 is 5.56. The van der Waals surface area contributed by atoms with E-state index in [1.165, 1.54) is 0 Å². The third kappa shape index (κ3) is 2.16. The van der Waals surface area contributed by atoms with Gasteiger partial charge in [-0.15, -0.1) is 0 Å². The van der Waals surface area contributed by atoms with Gasteiger partial charge in [0.05, 0.1) is 0 Å². The van der Waals surface area contributed by atoms with E-state index in [0.29, 0.717) is 0 Å². The number of amides is 1. The third-order valence-electron chi connectivity index (χ3n) is 3.50. The van der Waals surface area contributed by atoms with Crippen molar-refractivity contribution in [1.82, 2.24) is 4.90 Å². The van der Waals surface area contributed by atoms with E-state index < -0.39 is 5.60 Å². The number of carbonyl (C=O) groups excluding carboxylic acids is 1. The van der Waals surface area contributed by atoms with Crippen molar-refractivity contribution < 1.29 is 9.53 Å². The SMILES string of the molecule is CC1(C(=O)N2CCC(N)CC2)CCCO1. The van der Waals surface area contributed by atoms with E-state index in [2.05, 4.69) is 0 Å². The van der Waals surface area contributed by atoms with Crippen LogP contribution in [0, 0.1) is 0 Å². The smallest absolute Gasteiger partial charge is 0.254 e. The molecule has 0 aromatic carbocycles. The van der Waals surface area contributed by atoms with Crippen LogP contribution < -0.4 is 5.73 Å². The van der Waals surface area contributed by atoms with Crippen molar-refractivity contribution in [2.75, 3.05) is 19.7 Å². The molecule has 2 rings (SSSR count). The van der Waals surface area contributed by atoms with Crippen LogP contribution in [-0.4, -0.2) is 42.1 Å². The summed E-state index contributed by atoms with van der Waals surface area (Å²) in [6.07, 6.45) is 3.69. The number of nitrogens with zero attached hydrogens (tertiary/aromatic N) is 1. The van der Waals surface area contributed by atoms with Crippen molar-refractivity contribution in [1.29, 1.82) is 0 Å². The summed E-state index contributed by atoms with van der Waals surface area (Å²) in [7, 11) is 0. The Hall–Kier alpha value is -0.610. The summed E-state index contributed by atoms with van der Waals surface area (Å²) in [5, 5.41) is 0. The summed E-state index contributed by atoms with van der Waals surface area (Å²) in [6.45, 7) is 4.21. The molecule has 2 heterocycles. The van der Waals surface area contributed by atoms with Crippen LogP contribution >= 0.6 is 0 Å². The molecule has 0 saturated carbocycles. The highest BCUT2D eigenvalue weighted by molar-refractivity contribution is 5.85. The van der Waals surface area contributed by atoms with E-state index in [9.17, 15) is 4.79 Å². The predicted molar refractivity (Wildman–Crippen MR) is 57.4 cm³/mol. The molecule has 0 spiro atoms. The maximum atomic E-state index is 12.2. The van der Waals surface area contributed by atoms with Gasteiger partial charge in [0.2, 0.25) is 0 Å². The van der Waals surface area contributed by atoms with E-state index in [0.717, 1.165) is 45.4 Å². The zero-order valence-electron chi connectivity index (χ0n) is 9.37. The molecule has 15 heavy (non-hydrogen) atoms. The van der Waals surface area contributed by atoms with Crippen LogP contribution in [0.15, 0.2) is 0 Å². The lowest BCUT2D eigenvalue weighted by atomic mass is 9.98. The van der Waals surface area contributed by atoms with E-state index in [-0.39, 0.29) is 11.9 Å². The van der Waals surface area contributed by atoms with Crippen LogP contribution in [0.5, 0.6) is 0 Å². The number of carbonyl (C=O) groups is 1. The van der Waals surface area contributed by atoms with Gasteiger partial charge in [0.15, 0.2) is 0 Å². The van der Waals surface area contributed by atoms with Gasteiger partial charge in [-0.2, -0.15) is 0 Å². The Kier molecular flexibility index (Phi) is 2.98. The quantitative estimate of drug-likeness (QED) is 0.689. The van der Waals surface area contributed by atoms with Crippen LogP contribution in [0.3, 0.4) is 0 Å². The summed E-state index contributed by atoms with van der Waals surface area (Å²) in [4.78, 5) is 14.1. The highest BCUT2D eigenvalue weighted by Gasteiger charge is 2.41. The molecule has 1 atom stereocenters. The second-order valence-corrected chi connectivity index (χ2v) is 4.81. The zero-order valence-corrected chi connectivity index (χ0v) is 9.37. The van der Waals surface area contributed by atoms with E-state index in [4.69, 9.17) is 10.5 Å². The van der Waals surface area contributed by atoms with Crippen molar-refractivity contribution in [3.63, 3.8) is 0 Å². The van der Waals surface area contributed by atoms with Crippen molar-refractivity contribution in [2.24, 2.45) is 5.73 Å². The van der Waals surface area contributed by atoms with Crippen LogP contribution in [0.25, 0.3) is 0 Å². The minimum atomic E-state index is -0.554. The lowest BCUT2D eigenvalue weighted by Crippen LogP contribution is -2.51. The lowest BCUT2D eigenvalue weighted by Gasteiger charge is -2.35. The largest absolute Gasteiger partial charge is 0.365 e. The van der Waals surface area contributed by atoms with E-state index in [1.54, 1.807) is 0 Å². The normalized spacial score (nSPS) is 33.3. The molecule has 4 nitrogen and oxygen atoms in total. The number of rotatable bonds is 1. The highest BCUT2D eigenvalue weighted by atomic mass is 16.5. The van der Waals surface area contributed by atoms with Gasteiger partial charge in [0.25, 0.3) is 5.91 Å². The Balaban J connectivity index is 1.95. The number of nitrogens with two attached hydrogens (primary N) is 1. The van der Waals surface area contributed by atoms with Gasteiger partial charge in [0.1, 0.15) is 5.60 Å². The molecular formula is C11H20N2O2. The molecule has 0 aromatic rings. The van der Waals surface area contributed by atoms with Gasteiger partial charge in [-0.25, -0.2) is 0 Å². The second kappa shape index (κ2) is 4.10. The molecule has 0 aromatic heterocycles. The fraction of sp³-hybridized carbons (Fsp3) is 0.909. The summed E-state index contributed by atoms with van der Waals surface area (Å²) in [5.74, 6) is 0.159. The average molecular weight is 212 g/mol. The molecule has 0 bridgehead atoms. The minimum absolute atomic E-state index is 0.159. The molecule has 2 aliphatic rings. The average Bonchev–Trinajstić information content (AvgIpc) is 2.67. The molecule has 0 aliphatic carbocycles. The van der Waals surface area contributed by atoms with Gasteiger partial charge in [-0.1, -0.05) is 0 Å². The Bertz CT molecular complexity index is 241. The first-order chi connectivity index (χ1) is 7.12. The molecule has 0 radical (unpaired) electrons. The summed E-state index contributed by atoms with van der Waals surface area (Å²) >= 11 is 0. The van der Waals surface area contributed by atoms with Crippen molar-refractivity contribution in [3.8, 4) is 0 Å². The molecule has 4 heteroatoms. The Labute approximate surface area is 90.8 Å². The van der Waals surface area contributed by atoms with Crippen LogP contribution in [-0.2, 0) is 9.53 Å². The van der Waals surface area contributed by atoms with Crippen LogP contribution in [0.2, 0.25) is 0 Å². The Morgan fingerprint density at radius 1 is 1.47 bits per heavy atom. The first-order valence-corrected chi connectivity index (χ1v) is 5.81. The molecule has 2 fully saturated rings. The van der Waals surface area contributed by atoms with E-state index >= 15 is 0 Å². The fourth-order valence-electron chi connectivity index (χ4n) is 2.38. The fourth-order valence-corrected chi connectivity index (χ4v) is 2.38. The standard InChI is InChI=1S/C11H20N2O2/c1-11(5-2-8-15-11)10(14)13-6-3-9(12)4-7-13/h9H,2-8,12H2,1H3. The van der Waals surface area contributed by atoms with Crippen molar-refractivity contribution >= 4 is 5.91 Å². The van der Waals surface area contributed by atoms with Crippen molar-refractivity contribution in [3.05, 3.63) is 0 Å².